The molecule has 15 heavy (non-hydrogen) atoms. The molecule has 1 aromatic rings. The van der Waals surface area contributed by atoms with Gasteiger partial charge in [0, 0.05) is 0 Å². The summed E-state index contributed by atoms with van der Waals surface area (Å²) >= 11 is 0. The fourth-order valence-electron chi connectivity index (χ4n) is 1.75. The van der Waals surface area contributed by atoms with Gasteiger partial charge in [-0.1, -0.05) is 26.8 Å². The molecule has 0 bridgehead atoms. The maximum absolute atomic E-state index is 13.3. The molecule has 0 aliphatic rings. The van der Waals surface area contributed by atoms with E-state index in [9.17, 15) is 9.18 Å². The summed E-state index contributed by atoms with van der Waals surface area (Å²) in [7, 11) is 0. The summed E-state index contributed by atoms with van der Waals surface area (Å²) in [6.45, 7) is 7.56. The number of hydrogen-bond donors (Lipinski definition) is 1. The molecular formula is C12H15FO2. The second-order valence-corrected chi connectivity index (χ2v) is 4.65. The maximum Gasteiger partial charge on any atom is 0.338 e. The molecule has 0 unspecified atom stereocenters. The Kier molecular flexibility index (Phi) is 2.84. The summed E-state index contributed by atoms with van der Waals surface area (Å²) in [6.07, 6.45) is 0. The van der Waals surface area contributed by atoms with E-state index in [1.807, 2.05) is 20.8 Å². The fourth-order valence-corrected chi connectivity index (χ4v) is 1.75. The van der Waals surface area contributed by atoms with Crippen LogP contribution in [0.3, 0.4) is 0 Å². The number of carbonyl (C=O) groups is 1. The van der Waals surface area contributed by atoms with Crippen LogP contribution < -0.4 is 0 Å². The van der Waals surface area contributed by atoms with Crippen molar-refractivity contribution in [3.05, 3.63) is 34.6 Å². The van der Waals surface area contributed by atoms with Crippen LogP contribution in [-0.2, 0) is 5.41 Å². The molecule has 0 amide bonds. The molecule has 1 aromatic carbocycles. The van der Waals surface area contributed by atoms with Crippen LogP contribution in [-0.4, -0.2) is 11.1 Å². The molecule has 0 atom stereocenters. The second kappa shape index (κ2) is 3.65. The molecule has 0 radical (unpaired) electrons. The van der Waals surface area contributed by atoms with Gasteiger partial charge in [-0.05, 0) is 29.5 Å². The van der Waals surface area contributed by atoms with Crippen LogP contribution >= 0.6 is 0 Å². The van der Waals surface area contributed by atoms with Gasteiger partial charge in [0.25, 0.3) is 0 Å². The van der Waals surface area contributed by atoms with Crippen LogP contribution in [0.25, 0.3) is 0 Å². The minimum absolute atomic E-state index is 0.179. The Balaban J connectivity index is 3.49. The van der Waals surface area contributed by atoms with Gasteiger partial charge in [-0.15, -0.1) is 0 Å². The molecule has 0 fully saturated rings. The summed E-state index contributed by atoms with van der Waals surface area (Å²) in [4.78, 5) is 10.9. The van der Waals surface area contributed by atoms with Gasteiger partial charge in [-0.2, -0.15) is 0 Å². The number of carboxylic acids is 1. The first-order chi connectivity index (χ1) is 6.75. The molecule has 3 heteroatoms. The summed E-state index contributed by atoms with van der Waals surface area (Å²) in [6, 6.07) is 2.87. The van der Waals surface area contributed by atoms with Crippen LogP contribution in [0.15, 0.2) is 12.1 Å². The number of rotatable bonds is 1. The minimum atomic E-state index is -1.21. The van der Waals surface area contributed by atoms with E-state index in [4.69, 9.17) is 5.11 Å². The van der Waals surface area contributed by atoms with Crippen LogP contribution in [0.4, 0.5) is 4.39 Å². The molecule has 0 saturated carbocycles. The van der Waals surface area contributed by atoms with Gasteiger partial charge < -0.3 is 5.11 Å². The van der Waals surface area contributed by atoms with Crippen molar-refractivity contribution < 1.29 is 14.3 Å². The highest BCUT2D eigenvalue weighted by molar-refractivity contribution is 5.90. The Labute approximate surface area is 88.7 Å². The van der Waals surface area contributed by atoms with Crippen LogP contribution in [0.2, 0.25) is 0 Å². The normalized spacial score (nSPS) is 11.5. The first kappa shape index (κ1) is 11.7. The number of aromatic carboxylic acids is 1. The Morgan fingerprint density at radius 2 is 1.87 bits per heavy atom. The van der Waals surface area contributed by atoms with Crippen molar-refractivity contribution in [2.75, 3.05) is 0 Å². The van der Waals surface area contributed by atoms with Gasteiger partial charge in [0.1, 0.15) is 5.82 Å². The molecule has 0 spiro atoms. The highest BCUT2D eigenvalue weighted by Crippen LogP contribution is 2.28. The second-order valence-electron chi connectivity index (χ2n) is 4.65. The highest BCUT2D eigenvalue weighted by atomic mass is 19.1. The van der Waals surface area contributed by atoms with E-state index < -0.39 is 11.8 Å². The van der Waals surface area contributed by atoms with E-state index >= 15 is 0 Å². The van der Waals surface area contributed by atoms with Gasteiger partial charge in [0.15, 0.2) is 0 Å². The molecule has 0 heterocycles. The van der Waals surface area contributed by atoms with E-state index in [0.717, 1.165) is 5.56 Å². The average molecular weight is 210 g/mol. The molecule has 82 valence electrons. The molecule has 1 rings (SSSR count). The van der Waals surface area contributed by atoms with Gasteiger partial charge in [-0.3, -0.25) is 0 Å². The van der Waals surface area contributed by atoms with Crippen molar-refractivity contribution in [2.24, 2.45) is 0 Å². The zero-order chi connectivity index (χ0) is 11.8. The SMILES string of the molecule is Cc1c(C(C)(C)C)ccc(F)c1C(=O)O. The van der Waals surface area contributed by atoms with E-state index in [1.165, 1.54) is 6.07 Å². The molecule has 0 aliphatic heterocycles. The zero-order valence-corrected chi connectivity index (χ0v) is 9.39. The maximum atomic E-state index is 13.3. The zero-order valence-electron chi connectivity index (χ0n) is 9.39. The Morgan fingerprint density at radius 3 is 2.27 bits per heavy atom. The lowest BCUT2D eigenvalue weighted by Gasteiger charge is -2.22. The third-order valence-electron chi connectivity index (χ3n) is 2.44. The van der Waals surface area contributed by atoms with Gasteiger partial charge in [0.2, 0.25) is 0 Å². The molecule has 0 aromatic heterocycles. The van der Waals surface area contributed by atoms with Crippen LogP contribution in [0, 0.1) is 12.7 Å². The van der Waals surface area contributed by atoms with Gasteiger partial charge >= 0.3 is 5.97 Å². The lowest BCUT2D eigenvalue weighted by Crippen LogP contribution is -2.16. The topological polar surface area (TPSA) is 37.3 Å². The molecule has 0 saturated heterocycles. The lowest BCUT2D eigenvalue weighted by atomic mass is 9.82. The molecule has 2 nitrogen and oxygen atoms in total. The lowest BCUT2D eigenvalue weighted by molar-refractivity contribution is 0.0691. The summed E-state index contributed by atoms with van der Waals surface area (Å²) in [5.41, 5.74) is 0.973. The van der Waals surface area contributed by atoms with Crippen LogP contribution in [0.5, 0.6) is 0 Å². The Morgan fingerprint density at radius 1 is 1.33 bits per heavy atom. The average Bonchev–Trinajstić information content (AvgIpc) is 2.00. The fraction of sp³-hybridized carbons (Fsp3) is 0.417. The van der Waals surface area contributed by atoms with Crippen molar-refractivity contribution in [1.29, 1.82) is 0 Å². The number of benzene rings is 1. The van der Waals surface area contributed by atoms with E-state index in [-0.39, 0.29) is 11.0 Å². The summed E-state index contributed by atoms with van der Waals surface area (Å²) < 4.78 is 13.3. The highest BCUT2D eigenvalue weighted by Gasteiger charge is 2.22. The number of hydrogen-bond acceptors (Lipinski definition) is 1. The first-order valence-corrected chi connectivity index (χ1v) is 4.78. The minimum Gasteiger partial charge on any atom is -0.478 e. The van der Waals surface area contributed by atoms with E-state index in [2.05, 4.69) is 0 Å². The number of carboxylic acid groups (broad SMARTS) is 1. The van der Waals surface area contributed by atoms with Crippen LogP contribution in [0.1, 0.15) is 42.3 Å². The van der Waals surface area contributed by atoms with E-state index in [0.29, 0.717) is 5.56 Å². The molecule has 1 N–H and O–H groups in total. The largest absolute Gasteiger partial charge is 0.478 e. The Hall–Kier alpha value is -1.38. The number of halogens is 1. The van der Waals surface area contributed by atoms with Crippen molar-refractivity contribution >= 4 is 5.97 Å². The predicted octanol–water partition coefficient (Wildman–Crippen LogP) is 3.13. The van der Waals surface area contributed by atoms with Crippen molar-refractivity contribution in [3.8, 4) is 0 Å². The molecular weight excluding hydrogens is 195 g/mol. The summed E-state index contributed by atoms with van der Waals surface area (Å²) in [5.74, 6) is -1.89. The third-order valence-corrected chi connectivity index (χ3v) is 2.44. The standard InChI is InChI=1S/C12H15FO2/c1-7-8(12(2,3)4)5-6-9(13)10(7)11(14)15/h5-6H,1-4H3,(H,14,15). The van der Waals surface area contributed by atoms with Gasteiger partial charge in [0.05, 0.1) is 5.56 Å². The predicted molar refractivity (Wildman–Crippen MR) is 56.8 cm³/mol. The third kappa shape index (κ3) is 2.17. The van der Waals surface area contributed by atoms with Crippen molar-refractivity contribution in [1.82, 2.24) is 0 Å². The monoisotopic (exact) mass is 210 g/mol. The summed E-state index contributed by atoms with van der Waals surface area (Å²) in [5, 5.41) is 8.90. The van der Waals surface area contributed by atoms with Crippen molar-refractivity contribution in [2.45, 2.75) is 33.1 Å². The first-order valence-electron chi connectivity index (χ1n) is 4.78. The van der Waals surface area contributed by atoms with Crippen molar-refractivity contribution in [3.63, 3.8) is 0 Å². The van der Waals surface area contributed by atoms with E-state index in [1.54, 1.807) is 13.0 Å². The quantitative estimate of drug-likeness (QED) is 0.773. The van der Waals surface area contributed by atoms with Gasteiger partial charge in [-0.25, -0.2) is 9.18 Å². The smallest absolute Gasteiger partial charge is 0.338 e. The Bertz CT molecular complexity index is 403. The molecule has 0 aliphatic carbocycles.